The molecule has 0 aliphatic rings. The van der Waals surface area contributed by atoms with Gasteiger partial charge in [0.25, 0.3) is 0 Å². The van der Waals surface area contributed by atoms with Gasteiger partial charge in [0.2, 0.25) is 0 Å². The van der Waals surface area contributed by atoms with E-state index in [-0.39, 0.29) is 18.2 Å². The van der Waals surface area contributed by atoms with Crippen molar-refractivity contribution in [1.82, 2.24) is 5.32 Å². The van der Waals surface area contributed by atoms with Gasteiger partial charge < -0.3 is 10.1 Å². The molecule has 26 heavy (non-hydrogen) atoms. The number of unbranched alkanes of at least 4 members (excludes halogenated alkanes) is 9. The van der Waals surface area contributed by atoms with Crippen LogP contribution >= 0.6 is 0 Å². The zero-order chi connectivity index (χ0) is 19.5. The Hall–Kier alpha value is -0.990. The second kappa shape index (κ2) is 18.8. The minimum Gasteiger partial charge on any atom is -0.447 e. The van der Waals surface area contributed by atoms with Crippen molar-refractivity contribution in [3.05, 3.63) is 12.2 Å². The molecule has 0 aliphatic carbocycles. The fourth-order valence-corrected chi connectivity index (χ4v) is 3.10. The van der Waals surface area contributed by atoms with Crippen molar-refractivity contribution in [2.75, 3.05) is 0 Å². The van der Waals surface area contributed by atoms with E-state index in [0.29, 0.717) is 0 Å². The molecule has 0 rings (SSSR count). The van der Waals surface area contributed by atoms with Crippen molar-refractivity contribution in [2.45, 2.75) is 130 Å². The lowest BCUT2D eigenvalue weighted by atomic mass is 10.0. The summed E-state index contributed by atoms with van der Waals surface area (Å²) in [4.78, 5) is 11.9. The number of hydrogen-bond donors (Lipinski definition) is 1. The van der Waals surface area contributed by atoms with Crippen molar-refractivity contribution in [1.29, 1.82) is 0 Å². The molecule has 0 aromatic carbocycles. The van der Waals surface area contributed by atoms with Gasteiger partial charge in [0, 0.05) is 6.04 Å². The van der Waals surface area contributed by atoms with Crippen LogP contribution in [-0.4, -0.2) is 18.2 Å². The molecule has 0 spiro atoms. The third kappa shape index (κ3) is 17.8. The first-order valence-corrected chi connectivity index (χ1v) is 11.2. The molecule has 0 saturated heterocycles. The standard InChI is InChI=1S/C23H45NO2/c1-5-7-9-10-11-12-13-14-15-16-18-20-22(19-17-8-6-2)24-23(25)26-21(3)4/h12-13,21-22H,5-11,14-20H2,1-4H3,(H,24,25)/b13-12+. The molecule has 154 valence electrons. The number of rotatable bonds is 17. The van der Waals surface area contributed by atoms with E-state index < -0.39 is 0 Å². The van der Waals surface area contributed by atoms with Crippen LogP contribution in [0.1, 0.15) is 118 Å². The zero-order valence-electron chi connectivity index (χ0n) is 18.0. The number of ether oxygens (including phenoxy) is 1. The fraction of sp³-hybridized carbons (Fsp3) is 0.870. The first-order valence-electron chi connectivity index (χ1n) is 11.2. The number of nitrogens with one attached hydrogen (secondary N) is 1. The molecular weight excluding hydrogens is 322 g/mol. The van der Waals surface area contributed by atoms with Crippen LogP contribution in [-0.2, 0) is 4.74 Å². The van der Waals surface area contributed by atoms with Crippen LogP contribution in [0, 0.1) is 0 Å². The van der Waals surface area contributed by atoms with Gasteiger partial charge in [-0.1, -0.05) is 77.4 Å². The van der Waals surface area contributed by atoms with Gasteiger partial charge >= 0.3 is 6.09 Å². The Kier molecular flexibility index (Phi) is 18.1. The van der Waals surface area contributed by atoms with Crippen molar-refractivity contribution in [3.63, 3.8) is 0 Å². The molecule has 0 heterocycles. The lowest BCUT2D eigenvalue weighted by Gasteiger charge is -2.19. The summed E-state index contributed by atoms with van der Waals surface area (Å²) in [6.45, 7) is 8.26. The van der Waals surface area contributed by atoms with Gasteiger partial charge in [-0.25, -0.2) is 4.79 Å². The van der Waals surface area contributed by atoms with Crippen LogP contribution in [0.3, 0.4) is 0 Å². The van der Waals surface area contributed by atoms with Gasteiger partial charge in [-0.2, -0.15) is 0 Å². The summed E-state index contributed by atoms with van der Waals surface area (Å²) in [5.74, 6) is 0. The van der Waals surface area contributed by atoms with E-state index in [2.05, 4.69) is 31.3 Å². The minimum atomic E-state index is -0.257. The van der Waals surface area contributed by atoms with Crippen molar-refractivity contribution < 1.29 is 9.53 Å². The average Bonchev–Trinajstić information content (AvgIpc) is 2.58. The number of allylic oxidation sites excluding steroid dienone is 2. The molecule has 0 aromatic rings. The molecule has 1 amide bonds. The smallest absolute Gasteiger partial charge is 0.407 e. The topological polar surface area (TPSA) is 38.3 Å². The quantitative estimate of drug-likeness (QED) is 0.213. The summed E-state index contributed by atoms with van der Waals surface area (Å²) >= 11 is 0. The lowest BCUT2D eigenvalue weighted by Crippen LogP contribution is -2.36. The zero-order valence-corrected chi connectivity index (χ0v) is 18.0. The van der Waals surface area contributed by atoms with E-state index in [1.165, 1.54) is 77.0 Å². The highest BCUT2D eigenvalue weighted by molar-refractivity contribution is 5.67. The molecule has 3 heteroatoms. The Balaban J connectivity index is 3.83. The van der Waals surface area contributed by atoms with E-state index in [0.717, 1.165) is 12.8 Å². The van der Waals surface area contributed by atoms with Crippen LogP contribution in [0.2, 0.25) is 0 Å². The summed E-state index contributed by atoms with van der Waals surface area (Å²) in [5.41, 5.74) is 0. The Bertz CT molecular complexity index is 339. The van der Waals surface area contributed by atoms with Gasteiger partial charge in [0.15, 0.2) is 0 Å². The van der Waals surface area contributed by atoms with Crippen molar-refractivity contribution in [3.8, 4) is 0 Å². The Morgan fingerprint density at radius 2 is 1.31 bits per heavy atom. The number of carbonyl (C=O) groups excluding carboxylic acids is 1. The van der Waals surface area contributed by atoms with E-state index in [9.17, 15) is 4.79 Å². The highest BCUT2D eigenvalue weighted by atomic mass is 16.6. The van der Waals surface area contributed by atoms with Crippen LogP contribution in [0.5, 0.6) is 0 Å². The maximum atomic E-state index is 11.9. The lowest BCUT2D eigenvalue weighted by molar-refractivity contribution is 0.111. The summed E-state index contributed by atoms with van der Waals surface area (Å²) in [6, 6.07) is 0.266. The second-order valence-corrected chi connectivity index (χ2v) is 7.75. The van der Waals surface area contributed by atoms with Crippen molar-refractivity contribution >= 4 is 6.09 Å². The van der Waals surface area contributed by atoms with E-state index in [1.54, 1.807) is 0 Å². The second-order valence-electron chi connectivity index (χ2n) is 7.75. The van der Waals surface area contributed by atoms with Gasteiger partial charge in [-0.05, 0) is 52.4 Å². The molecule has 1 N–H and O–H groups in total. The molecule has 1 atom stereocenters. The molecule has 0 saturated carbocycles. The Labute approximate surface area is 163 Å². The molecule has 1 unspecified atom stereocenters. The maximum absolute atomic E-state index is 11.9. The predicted molar refractivity (Wildman–Crippen MR) is 114 cm³/mol. The monoisotopic (exact) mass is 367 g/mol. The minimum absolute atomic E-state index is 0.0555. The SMILES string of the molecule is CCCCCC/C=C/CCCCCC(CCCCC)NC(=O)OC(C)C. The predicted octanol–water partition coefficient (Wildman–Crippen LogP) is 7.55. The molecular formula is C23H45NO2. The first-order chi connectivity index (χ1) is 12.6. The fourth-order valence-electron chi connectivity index (χ4n) is 3.10. The normalized spacial score (nSPS) is 12.7. The van der Waals surface area contributed by atoms with Gasteiger partial charge in [0.1, 0.15) is 0 Å². The maximum Gasteiger partial charge on any atom is 0.407 e. The molecule has 0 radical (unpaired) electrons. The molecule has 0 bridgehead atoms. The van der Waals surface area contributed by atoms with E-state index >= 15 is 0 Å². The number of hydrogen-bond acceptors (Lipinski definition) is 2. The van der Waals surface area contributed by atoms with E-state index in [1.807, 2.05) is 13.8 Å². The van der Waals surface area contributed by atoms with Gasteiger partial charge in [0.05, 0.1) is 6.10 Å². The van der Waals surface area contributed by atoms with Crippen molar-refractivity contribution in [2.24, 2.45) is 0 Å². The van der Waals surface area contributed by atoms with Crippen LogP contribution in [0.25, 0.3) is 0 Å². The summed E-state index contributed by atoms with van der Waals surface area (Å²) < 4.78 is 5.23. The third-order valence-corrected chi connectivity index (χ3v) is 4.64. The average molecular weight is 368 g/mol. The van der Waals surface area contributed by atoms with Gasteiger partial charge in [-0.15, -0.1) is 0 Å². The summed E-state index contributed by atoms with van der Waals surface area (Å²) in [6.07, 6.45) is 21.7. The molecule has 0 aromatic heterocycles. The van der Waals surface area contributed by atoms with Crippen LogP contribution in [0.15, 0.2) is 12.2 Å². The largest absolute Gasteiger partial charge is 0.447 e. The number of amides is 1. The summed E-state index contributed by atoms with van der Waals surface area (Å²) in [5, 5.41) is 3.07. The Morgan fingerprint density at radius 1 is 0.808 bits per heavy atom. The highest BCUT2D eigenvalue weighted by Crippen LogP contribution is 2.13. The molecule has 3 nitrogen and oxygen atoms in total. The molecule has 0 aliphatic heterocycles. The number of carbonyl (C=O) groups is 1. The number of alkyl carbamates (subject to hydrolysis) is 1. The third-order valence-electron chi connectivity index (χ3n) is 4.64. The summed E-state index contributed by atoms with van der Waals surface area (Å²) in [7, 11) is 0. The Morgan fingerprint density at radius 3 is 1.85 bits per heavy atom. The molecule has 0 fully saturated rings. The first kappa shape index (κ1) is 25.0. The van der Waals surface area contributed by atoms with Crippen LogP contribution in [0.4, 0.5) is 4.79 Å². The van der Waals surface area contributed by atoms with E-state index in [4.69, 9.17) is 4.74 Å². The van der Waals surface area contributed by atoms with Gasteiger partial charge in [-0.3, -0.25) is 0 Å². The highest BCUT2D eigenvalue weighted by Gasteiger charge is 2.13. The van der Waals surface area contributed by atoms with Crippen LogP contribution < -0.4 is 5.32 Å².